The number of nitrogens with one attached hydrogen (secondary N) is 2. The van der Waals surface area contributed by atoms with Gasteiger partial charge in [0.05, 0.1) is 6.10 Å². The van der Waals surface area contributed by atoms with Crippen LogP contribution in [-0.2, 0) is 18.6 Å². The van der Waals surface area contributed by atoms with Gasteiger partial charge in [-0.25, -0.2) is 4.79 Å². The molecule has 0 bridgehead atoms. The molecular weight excluding hydrogens is 528 g/mol. The molecule has 1 atom stereocenters. The van der Waals surface area contributed by atoms with E-state index >= 15 is 0 Å². The number of benzene rings is 2. The molecule has 0 aromatic heterocycles. The molecule has 0 aliphatic carbocycles. The van der Waals surface area contributed by atoms with Gasteiger partial charge in [-0.05, 0) is 68.0 Å². The molecular formula is C27H33F6N3O3. The Bertz CT molecular complexity index is 1050. The third-order valence-electron chi connectivity index (χ3n) is 7.01. The summed E-state index contributed by atoms with van der Waals surface area (Å²) in [6.45, 7) is 3.82. The van der Waals surface area contributed by atoms with Crippen molar-refractivity contribution in [3.8, 4) is 0 Å². The number of amides is 2. The van der Waals surface area contributed by atoms with Gasteiger partial charge in [-0.1, -0.05) is 43.3 Å². The lowest BCUT2D eigenvalue weighted by Crippen LogP contribution is -2.53. The largest absolute Gasteiger partial charge is 0.430 e. The monoisotopic (exact) mass is 561 g/mol. The molecule has 2 aromatic rings. The molecule has 0 spiro atoms. The van der Waals surface area contributed by atoms with Crippen LogP contribution in [0.4, 0.5) is 36.8 Å². The Labute approximate surface area is 223 Å². The van der Waals surface area contributed by atoms with Crippen molar-refractivity contribution in [3.05, 3.63) is 65.2 Å². The molecule has 0 radical (unpaired) electrons. The Morgan fingerprint density at radius 1 is 0.949 bits per heavy atom. The lowest BCUT2D eigenvalue weighted by atomic mass is 9.89. The number of hydrogen-bond acceptors (Lipinski definition) is 4. The number of hydrogen-bond donors (Lipinski definition) is 4. The van der Waals surface area contributed by atoms with Gasteiger partial charge in [0.2, 0.25) is 0 Å². The Hall–Kier alpha value is -2.83. The summed E-state index contributed by atoms with van der Waals surface area (Å²) in [6, 6.07) is 10.8. The second-order valence-electron chi connectivity index (χ2n) is 9.92. The minimum atomic E-state index is -5.90. The number of likely N-dealkylation sites (tertiary alicyclic amines) is 1. The zero-order chi connectivity index (χ0) is 28.8. The van der Waals surface area contributed by atoms with Crippen molar-refractivity contribution in [3.63, 3.8) is 0 Å². The van der Waals surface area contributed by atoms with Gasteiger partial charge < -0.3 is 20.8 Å². The zero-order valence-electron chi connectivity index (χ0n) is 21.4. The number of halogens is 6. The smallest absolute Gasteiger partial charge is 0.391 e. The molecule has 1 aliphatic heterocycles. The molecule has 1 aliphatic rings. The number of anilines is 1. The van der Waals surface area contributed by atoms with Crippen LogP contribution < -0.4 is 10.6 Å². The van der Waals surface area contributed by atoms with Crippen LogP contribution in [0.15, 0.2) is 48.5 Å². The van der Waals surface area contributed by atoms with Crippen molar-refractivity contribution < 1.29 is 41.4 Å². The number of alkyl halides is 6. The third-order valence-corrected chi connectivity index (χ3v) is 7.01. The van der Waals surface area contributed by atoms with Crippen LogP contribution in [0.2, 0.25) is 0 Å². The van der Waals surface area contributed by atoms with E-state index in [9.17, 15) is 41.4 Å². The van der Waals surface area contributed by atoms with Crippen molar-refractivity contribution in [2.24, 2.45) is 5.92 Å². The fourth-order valence-corrected chi connectivity index (χ4v) is 4.53. The fourth-order valence-electron chi connectivity index (χ4n) is 4.53. The van der Waals surface area contributed by atoms with Crippen LogP contribution in [0.3, 0.4) is 0 Å². The summed E-state index contributed by atoms with van der Waals surface area (Å²) in [5, 5.41) is 24.4. The summed E-state index contributed by atoms with van der Waals surface area (Å²) in [5.41, 5.74) is -3.89. The first-order valence-electron chi connectivity index (χ1n) is 12.7. The standard InChI is InChI=1S/C27H33F6N3O3/c1-2-23(37)16-34-24(38)35-22-9-5-18(6-10-22)15-19-11-13-36(14-12-19)17-20-3-7-21(8-4-20)25(39,26(28,29)30)27(31,32)33/h3-10,19,23,37,39H,2,11-17H2,1H3,(H2,34,35,38). The summed E-state index contributed by atoms with van der Waals surface area (Å²) in [5.74, 6) is 0.412. The first kappa shape index (κ1) is 30.7. The lowest BCUT2D eigenvalue weighted by Gasteiger charge is -2.33. The van der Waals surface area contributed by atoms with E-state index in [1.807, 2.05) is 31.2 Å². The van der Waals surface area contributed by atoms with Crippen LogP contribution in [0.25, 0.3) is 0 Å². The Kier molecular flexibility index (Phi) is 9.89. The average molecular weight is 562 g/mol. The number of carbonyl (C=O) groups excluding carboxylic acids is 1. The second kappa shape index (κ2) is 12.6. The first-order chi connectivity index (χ1) is 18.2. The highest BCUT2D eigenvalue weighted by atomic mass is 19.4. The molecule has 3 rings (SSSR count). The summed E-state index contributed by atoms with van der Waals surface area (Å²) < 4.78 is 78.5. The van der Waals surface area contributed by atoms with E-state index in [1.165, 1.54) is 12.1 Å². The van der Waals surface area contributed by atoms with Crippen molar-refractivity contribution in [2.75, 3.05) is 25.0 Å². The number of carbonyl (C=O) groups is 1. The number of nitrogens with zero attached hydrogens (tertiary/aromatic N) is 1. The highest BCUT2D eigenvalue weighted by molar-refractivity contribution is 5.89. The molecule has 1 fully saturated rings. The Balaban J connectivity index is 1.47. The maximum atomic E-state index is 13.1. The summed E-state index contributed by atoms with van der Waals surface area (Å²) in [4.78, 5) is 14.0. The predicted octanol–water partition coefficient (Wildman–Crippen LogP) is 5.35. The van der Waals surface area contributed by atoms with E-state index in [0.717, 1.165) is 37.9 Å². The summed E-state index contributed by atoms with van der Waals surface area (Å²) >= 11 is 0. The third kappa shape index (κ3) is 7.86. The maximum Gasteiger partial charge on any atom is 0.430 e. The molecule has 6 nitrogen and oxygen atoms in total. The van der Waals surface area contributed by atoms with Gasteiger partial charge in [-0.2, -0.15) is 26.3 Å². The van der Waals surface area contributed by atoms with Crippen LogP contribution >= 0.6 is 0 Å². The number of piperidine rings is 1. The van der Waals surface area contributed by atoms with Crippen molar-refractivity contribution in [2.45, 2.75) is 63.2 Å². The summed E-state index contributed by atoms with van der Waals surface area (Å²) in [6.07, 6.45) is -9.26. The van der Waals surface area contributed by atoms with Crippen LogP contribution in [0.1, 0.15) is 42.9 Å². The van der Waals surface area contributed by atoms with E-state index in [2.05, 4.69) is 15.5 Å². The molecule has 1 unspecified atom stereocenters. The van der Waals surface area contributed by atoms with Gasteiger partial charge >= 0.3 is 18.4 Å². The lowest BCUT2D eigenvalue weighted by molar-refractivity contribution is -0.376. The molecule has 2 aromatic carbocycles. The first-order valence-corrected chi connectivity index (χ1v) is 12.7. The van der Waals surface area contributed by atoms with Gasteiger partial charge in [-0.15, -0.1) is 0 Å². The van der Waals surface area contributed by atoms with E-state index in [1.54, 1.807) is 0 Å². The van der Waals surface area contributed by atoms with Crippen molar-refractivity contribution in [1.29, 1.82) is 0 Å². The molecule has 12 heteroatoms. The number of aliphatic hydroxyl groups is 2. The van der Waals surface area contributed by atoms with Gasteiger partial charge in [-0.3, -0.25) is 4.90 Å². The Morgan fingerprint density at radius 3 is 2.00 bits per heavy atom. The number of aliphatic hydroxyl groups excluding tert-OH is 1. The van der Waals surface area contributed by atoms with Gasteiger partial charge in [0.1, 0.15) is 0 Å². The number of urea groups is 1. The van der Waals surface area contributed by atoms with Crippen LogP contribution in [-0.4, -0.2) is 59.2 Å². The highest BCUT2D eigenvalue weighted by Crippen LogP contribution is 2.50. The van der Waals surface area contributed by atoms with Crippen molar-refractivity contribution >= 4 is 11.7 Å². The molecule has 216 valence electrons. The van der Waals surface area contributed by atoms with Gasteiger partial charge in [0.25, 0.3) is 5.60 Å². The minimum absolute atomic E-state index is 0.171. The Morgan fingerprint density at radius 2 is 1.49 bits per heavy atom. The van der Waals surface area contributed by atoms with Crippen LogP contribution in [0.5, 0.6) is 0 Å². The second-order valence-corrected chi connectivity index (χ2v) is 9.92. The van der Waals surface area contributed by atoms with E-state index in [4.69, 9.17) is 0 Å². The molecule has 39 heavy (non-hydrogen) atoms. The minimum Gasteiger partial charge on any atom is -0.391 e. The molecule has 4 N–H and O–H groups in total. The maximum absolute atomic E-state index is 13.1. The average Bonchev–Trinajstić information content (AvgIpc) is 2.88. The highest BCUT2D eigenvalue weighted by Gasteiger charge is 2.71. The number of rotatable bonds is 9. The van der Waals surface area contributed by atoms with E-state index in [0.29, 0.717) is 42.3 Å². The van der Waals surface area contributed by atoms with E-state index in [-0.39, 0.29) is 6.54 Å². The molecule has 1 heterocycles. The molecule has 0 saturated carbocycles. The molecule has 2 amide bonds. The normalized spacial score (nSPS) is 16.6. The van der Waals surface area contributed by atoms with Crippen molar-refractivity contribution in [1.82, 2.24) is 10.2 Å². The topological polar surface area (TPSA) is 84.8 Å². The quantitative estimate of drug-likeness (QED) is 0.311. The zero-order valence-corrected chi connectivity index (χ0v) is 21.4. The van der Waals surface area contributed by atoms with Gasteiger partial charge in [0, 0.05) is 24.3 Å². The van der Waals surface area contributed by atoms with Crippen LogP contribution in [0, 0.1) is 5.92 Å². The molecule has 1 saturated heterocycles. The fraction of sp³-hybridized carbons (Fsp3) is 0.519. The van der Waals surface area contributed by atoms with Gasteiger partial charge in [0.15, 0.2) is 0 Å². The SMILES string of the molecule is CCC(O)CNC(=O)Nc1ccc(CC2CCN(Cc3ccc(C(O)(C(F)(F)F)C(F)(F)F)cc3)CC2)cc1. The van der Waals surface area contributed by atoms with E-state index < -0.39 is 35.7 Å². The predicted molar refractivity (Wildman–Crippen MR) is 134 cm³/mol. The summed E-state index contributed by atoms with van der Waals surface area (Å²) in [7, 11) is 0.